The average molecular weight is 318 g/mol. The maximum Gasteiger partial charge on any atom is 0.248 e. The fourth-order valence-electron chi connectivity index (χ4n) is 2.03. The van der Waals surface area contributed by atoms with Gasteiger partial charge < -0.3 is 10.1 Å². The summed E-state index contributed by atoms with van der Waals surface area (Å²) in [4.78, 5) is 16.4. The third-order valence-electron chi connectivity index (χ3n) is 3.32. The largest absolute Gasteiger partial charge is 0.369 e. The van der Waals surface area contributed by atoms with Crippen molar-refractivity contribution in [2.75, 3.05) is 13.2 Å². The summed E-state index contributed by atoms with van der Waals surface area (Å²) in [5.74, 6) is -0.0733. The van der Waals surface area contributed by atoms with Gasteiger partial charge in [-0.3, -0.25) is 4.79 Å². The predicted molar refractivity (Wildman–Crippen MR) is 90.1 cm³/mol. The summed E-state index contributed by atoms with van der Waals surface area (Å²) in [6.07, 6.45) is 0.330. The van der Waals surface area contributed by atoms with Crippen molar-refractivity contribution < 1.29 is 9.53 Å². The molecule has 1 amide bonds. The van der Waals surface area contributed by atoms with E-state index in [0.29, 0.717) is 13.2 Å². The van der Waals surface area contributed by atoms with Crippen LogP contribution in [0.15, 0.2) is 29.6 Å². The van der Waals surface area contributed by atoms with Gasteiger partial charge in [-0.25, -0.2) is 4.98 Å². The second-order valence-corrected chi connectivity index (χ2v) is 6.01. The van der Waals surface area contributed by atoms with E-state index in [4.69, 9.17) is 4.74 Å². The maximum atomic E-state index is 11.7. The van der Waals surface area contributed by atoms with Gasteiger partial charge in [0.15, 0.2) is 0 Å². The number of thiazole rings is 1. The second kappa shape index (κ2) is 8.06. The lowest BCUT2D eigenvalue weighted by Gasteiger charge is -2.11. The first-order valence-electron chi connectivity index (χ1n) is 7.51. The Bertz CT molecular complexity index is 607. The van der Waals surface area contributed by atoms with Crippen molar-refractivity contribution in [2.45, 2.75) is 33.3 Å². The van der Waals surface area contributed by atoms with Crippen LogP contribution >= 0.6 is 11.3 Å². The standard InChI is InChI=1S/C17H22N2O2S/c1-4-21-13(3)16(20)18-10-9-15-11-22-17(19-15)14-7-5-12(2)6-8-14/h5-8,11,13H,4,9-10H2,1-3H3,(H,18,20)/t13-/m0/s1. The minimum Gasteiger partial charge on any atom is -0.369 e. The summed E-state index contributed by atoms with van der Waals surface area (Å²) in [6.45, 7) is 6.83. The van der Waals surface area contributed by atoms with Crippen molar-refractivity contribution in [3.8, 4) is 10.6 Å². The van der Waals surface area contributed by atoms with Crippen molar-refractivity contribution in [3.05, 3.63) is 40.9 Å². The number of benzene rings is 1. The zero-order valence-electron chi connectivity index (χ0n) is 13.3. The molecule has 5 heteroatoms. The van der Waals surface area contributed by atoms with Crippen molar-refractivity contribution in [3.63, 3.8) is 0 Å². The molecule has 0 unspecified atom stereocenters. The normalized spacial score (nSPS) is 12.1. The number of ether oxygens (including phenoxy) is 1. The van der Waals surface area contributed by atoms with Crippen LogP contribution in [-0.4, -0.2) is 30.1 Å². The summed E-state index contributed by atoms with van der Waals surface area (Å²) in [6, 6.07) is 8.35. The number of nitrogens with zero attached hydrogens (tertiary/aromatic N) is 1. The van der Waals surface area contributed by atoms with Crippen molar-refractivity contribution in [1.29, 1.82) is 0 Å². The van der Waals surface area contributed by atoms with E-state index in [0.717, 1.165) is 22.7 Å². The van der Waals surface area contributed by atoms with E-state index >= 15 is 0 Å². The predicted octanol–water partition coefficient (Wildman–Crippen LogP) is 3.20. The van der Waals surface area contributed by atoms with Gasteiger partial charge in [0.1, 0.15) is 11.1 Å². The average Bonchev–Trinajstić information content (AvgIpc) is 2.97. The van der Waals surface area contributed by atoms with Gasteiger partial charge in [0.05, 0.1) is 5.69 Å². The van der Waals surface area contributed by atoms with Gasteiger partial charge >= 0.3 is 0 Å². The topological polar surface area (TPSA) is 51.2 Å². The van der Waals surface area contributed by atoms with Crippen LogP contribution in [0.4, 0.5) is 0 Å². The zero-order valence-corrected chi connectivity index (χ0v) is 14.1. The third kappa shape index (κ3) is 4.64. The molecule has 0 saturated carbocycles. The molecular weight excluding hydrogens is 296 g/mol. The van der Waals surface area contributed by atoms with Gasteiger partial charge in [-0.05, 0) is 20.8 Å². The number of rotatable bonds is 7. The van der Waals surface area contributed by atoms with Crippen molar-refractivity contribution >= 4 is 17.2 Å². The molecule has 0 aliphatic rings. The van der Waals surface area contributed by atoms with E-state index in [-0.39, 0.29) is 5.91 Å². The number of amides is 1. The molecule has 2 rings (SSSR count). The highest BCUT2D eigenvalue weighted by Gasteiger charge is 2.12. The molecule has 0 aliphatic heterocycles. The molecule has 0 aliphatic carbocycles. The van der Waals surface area contributed by atoms with Crippen LogP contribution in [0.25, 0.3) is 10.6 Å². The monoisotopic (exact) mass is 318 g/mol. The van der Waals surface area contributed by atoms with E-state index in [9.17, 15) is 4.79 Å². The van der Waals surface area contributed by atoms with E-state index in [1.807, 2.05) is 12.3 Å². The van der Waals surface area contributed by atoms with Crippen molar-refractivity contribution in [1.82, 2.24) is 10.3 Å². The van der Waals surface area contributed by atoms with Gasteiger partial charge in [0.25, 0.3) is 0 Å². The van der Waals surface area contributed by atoms with Gasteiger partial charge in [0.2, 0.25) is 5.91 Å². The number of carbonyl (C=O) groups excluding carboxylic acids is 1. The molecule has 0 bridgehead atoms. The lowest BCUT2D eigenvalue weighted by molar-refractivity contribution is -0.131. The number of carbonyl (C=O) groups is 1. The molecule has 0 radical (unpaired) electrons. The molecule has 1 aromatic heterocycles. The molecule has 1 heterocycles. The quantitative estimate of drug-likeness (QED) is 0.853. The molecule has 2 aromatic rings. The number of hydrogen-bond acceptors (Lipinski definition) is 4. The first kappa shape index (κ1) is 16.6. The Labute approximate surface area is 135 Å². The summed E-state index contributed by atoms with van der Waals surface area (Å²) < 4.78 is 5.25. The highest BCUT2D eigenvalue weighted by molar-refractivity contribution is 7.13. The van der Waals surface area contributed by atoms with Crippen LogP contribution in [0.1, 0.15) is 25.1 Å². The van der Waals surface area contributed by atoms with Crippen LogP contribution in [-0.2, 0) is 16.0 Å². The Morgan fingerprint density at radius 3 is 2.77 bits per heavy atom. The van der Waals surface area contributed by atoms with Crippen LogP contribution in [0.2, 0.25) is 0 Å². The van der Waals surface area contributed by atoms with Gasteiger partial charge in [-0.2, -0.15) is 0 Å². The van der Waals surface area contributed by atoms with Crippen LogP contribution < -0.4 is 5.32 Å². The van der Waals surface area contributed by atoms with E-state index < -0.39 is 6.10 Å². The third-order valence-corrected chi connectivity index (χ3v) is 4.26. The smallest absolute Gasteiger partial charge is 0.248 e. The van der Waals surface area contributed by atoms with Crippen LogP contribution in [0.3, 0.4) is 0 Å². The molecule has 0 saturated heterocycles. The van der Waals surface area contributed by atoms with E-state index in [2.05, 4.69) is 41.5 Å². The van der Waals surface area contributed by atoms with Gasteiger partial charge in [0, 0.05) is 30.5 Å². The lowest BCUT2D eigenvalue weighted by Crippen LogP contribution is -2.35. The molecule has 0 fully saturated rings. The Kier molecular flexibility index (Phi) is 6.10. The minimum atomic E-state index is -0.399. The minimum absolute atomic E-state index is 0.0733. The lowest BCUT2D eigenvalue weighted by atomic mass is 10.2. The van der Waals surface area contributed by atoms with Crippen LogP contribution in [0.5, 0.6) is 0 Å². The highest BCUT2D eigenvalue weighted by Crippen LogP contribution is 2.24. The molecular formula is C17H22N2O2S. The Morgan fingerprint density at radius 2 is 2.09 bits per heavy atom. The zero-order chi connectivity index (χ0) is 15.9. The fraction of sp³-hybridized carbons (Fsp3) is 0.412. The summed E-state index contributed by atoms with van der Waals surface area (Å²) in [5.41, 5.74) is 3.38. The Morgan fingerprint density at radius 1 is 1.36 bits per heavy atom. The molecule has 4 nitrogen and oxygen atoms in total. The number of nitrogens with one attached hydrogen (secondary N) is 1. The molecule has 0 spiro atoms. The van der Waals surface area contributed by atoms with E-state index in [1.165, 1.54) is 5.56 Å². The fourth-order valence-corrected chi connectivity index (χ4v) is 2.89. The van der Waals surface area contributed by atoms with Gasteiger partial charge in [-0.15, -0.1) is 11.3 Å². The highest BCUT2D eigenvalue weighted by atomic mass is 32.1. The second-order valence-electron chi connectivity index (χ2n) is 5.15. The first-order chi connectivity index (χ1) is 10.6. The summed E-state index contributed by atoms with van der Waals surface area (Å²) >= 11 is 1.63. The number of hydrogen-bond donors (Lipinski definition) is 1. The molecule has 1 N–H and O–H groups in total. The molecule has 1 atom stereocenters. The van der Waals surface area contributed by atoms with E-state index in [1.54, 1.807) is 18.3 Å². The Hall–Kier alpha value is -1.72. The number of aryl methyl sites for hydroxylation is 1. The molecule has 1 aromatic carbocycles. The number of aromatic nitrogens is 1. The molecule has 22 heavy (non-hydrogen) atoms. The first-order valence-corrected chi connectivity index (χ1v) is 8.39. The Balaban J connectivity index is 1.85. The SMILES string of the molecule is CCO[C@@H](C)C(=O)NCCc1csc(-c2ccc(C)cc2)n1. The van der Waals surface area contributed by atoms with Crippen molar-refractivity contribution in [2.24, 2.45) is 0 Å². The van der Waals surface area contributed by atoms with Gasteiger partial charge in [-0.1, -0.05) is 29.8 Å². The molecule has 118 valence electrons. The van der Waals surface area contributed by atoms with Crippen LogP contribution in [0, 0.1) is 6.92 Å². The summed E-state index contributed by atoms with van der Waals surface area (Å²) in [7, 11) is 0. The summed E-state index contributed by atoms with van der Waals surface area (Å²) in [5, 5.41) is 5.94. The maximum absolute atomic E-state index is 11.7.